The molecule has 0 aromatic heterocycles. The summed E-state index contributed by atoms with van der Waals surface area (Å²) in [5, 5.41) is 22.5. The summed E-state index contributed by atoms with van der Waals surface area (Å²) < 4.78 is 0. The van der Waals surface area contributed by atoms with Crippen LogP contribution < -0.4 is 5.32 Å². The highest BCUT2D eigenvalue weighted by Gasteiger charge is 2.25. The lowest BCUT2D eigenvalue weighted by atomic mass is 10.1. The SMILES string of the molecule is Br.CC(C)NC1Cc2ccc(O)c(O)c2C1. The number of phenolic OH excluding ortho intramolecular Hbond substituents is 2. The van der Waals surface area contributed by atoms with Gasteiger partial charge in [-0.1, -0.05) is 19.9 Å². The number of hydrogen-bond acceptors (Lipinski definition) is 3. The lowest BCUT2D eigenvalue weighted by molar-refractivity contribution is 0.398. The van der Waals surface area contributed by atoms with E-state index in [0.29, 0.717) is 12.1 Å². The van der Waals surface area contributed by atoms with Crippen molar-refractivity contribution >= 4 is 17.0 Å². The molecule has 1 aliphatic rings. The highest BCUT2D eigenvalue weighted by molar-refractivity contribution is 8.93. The highest BCUT2D eigenvalue weighted by Crippen LogP contribution is 2.36. The van der Waals surface area contributed by atoms with Crippen molar-refractivity contribution in [2.24, 2.45) is 0 Å². The van der Waals surface area contributed by atoms with Gasteiger partial charge in [0.15, 0.2) is 11.5 Å². The zero-order valence-corrected chi connectivity index (χ0v) is 11.2. The second kappa shape index (κ2) is 5.06. The van der Waals surface area contributed by atoms with Gasteiger partial charge in [0.25, 0.3) is 0 Å². The molecule has 16 heavy (non-hydrogen) atoms. The van der Waals surface area contributed by atoms with Crippen molar-refractivity contribution in [3.8, 4) is 11.5 Å². The summed E-state index contributed by atoms with van der Waals surface area (Å²) in [6.45, 7) is 4.22. The van der Waals surface area contributed by atoms with Gasteiger partial charge in [-0.15, -0.1) is 17.0 Å². The van der Waals surface area contributed by atoms with Gasteiger partial charge < -0.3 is 15.5 Å². The summed E-state index contributed by atoms with van der Waals surface area (Å²) in [6, 6.07) is 4.28. The molecule has 0 spiro atoms. The zero-order valence-electron chi connectivity index (χ0n) is 9.53. The molecule has 0 heterocycles. The molecule has 0 aliphatic heterocycles. The van der Waals surface area contributed by atoms with Crippen LogP contribution in [0, 0.1) is 0 Å². The number of aromatic hydroxyl groups is 2. The van der Waals surface area contributed by atoms with E-state index in [2.05, 4.69) is 19.2 Å². The number of halogens is 1. The van der Waals surface area contributed by atoms with E-state index in [9.17, 15) is 10.2 Å². The Labute approximate surface area is 106 Å². The third-order valence-corrected chi connectivity index (χ3v) is 2.84. The minimum absolute atomic E-state index is 0. The minimum atomic E-state index is -0.0149. The lowest BCUT2D eigenvalue weighted by Crippen LogP contribution is -2.35. The fourth-order valence-corrected chi connectivity index (χ4v) is 2.26. The normalized spacial score (nSPS) is 18.3. The van der Waals surface area contributed by atoms with Crippen LogP contribution in [0.4, 0.5) is 0 Å². The van der Waals surface area contributed by atoms with Gasteiger partial charge in [-0.3, -0.25) is 0 Å². The number of phenols is 2. The lowest BCUT2D eigenvalue weighted by Gasteiger charge is -2.14. The molecule has 3 nitrogen and oxygen atoms in total. The van der Waals surface area contributed by atoms with Crippen LogP contribution in [0.2, 0.25) is 0 Å². The molecule has 2 rings (SSSR count). The Morgan fingerprint density at radius 3 is 2.56 bits per heavy atom. The van der Waals surface area contributed by atoms with E-state index in [-0.39, 0.29) is 28.5 Å². The van der Waals surface area contributed by atoms with E-state index in [1.54, 1.807) is 6.07 Å². The monoisotopic (exact) mass is 287 g/mol. The van der Waals surface area contributed by atoms with E-state index in [0.717, 1.165) is 24.0 Å². The molecule has 1 atom stereocenters. The predicted octanol–water partition coefficient (Wildman–Crippen LogP) is 2.14. The molecule has 3 N–H and O–H groups in total. The van der Waals surface area contributed by atoms with Crippen molar-refractivity contribution in [3.05, 3.63) is 23.3 Å². The first-order valence-corrected chi connectivity index (χ1v) is 5.36. The Kier molecular flexibility index (Phi) is 4.21. The topological polar surface area (TPSA) is 52.5 Å². The van der Waals surface area contributed by atoms with E-state index in [1.165, 1.54) is 0 Å². The molecule has 0 saturated heterocycles. The largest absolute Gasteiger partial charge is 0.504 e. The van der Waals surface area contributed by atoms with Crippen LogP contribution in [0.25, 0.3) is 0 Å². The van der Waals surface area contributed by atoms with Gasteiger partial charge in [-0.25, -0.2) is 0 Å². The predicted molar refractivity (Wildman–Crippen MR) is 69.6 cm³/mol. The zero-order chi connectivity index (χ0) is 11.0. The Bertz CT molecular complexity index is 380. The van der Waals surface area contributed by atoms with Crippen LogP contribution in [0.15, 0.2) is 12.1 Å². The maximum Gasteiger partial charge on any atom is 0.161 e. The van der Waals surface area contributed by atoms with Crippen LogP contribution >= 0.6 is 17.0 Å². The molecule has 0 fully saturated rings. The van der Waals surface area contributed by atoms with Gasteiger partial charge in [0.05, 0.1) is 0 Å². The Hall–Kier alpha value is -0.740. The van der Waals surface area contributed by atoms with Crippen LogP contribution in [-0.2, 0) is 12.8 Å². The van der Waals surface area contributed by atoms with Crippen molar-refractivity contribution in [2.75, 3.05) is 0 Å². The maximum absolute atomic E-state index is 9.69. The second-order valence-corrected chi connectivity index (χ2v) is 4.50. The van der Waals surface area contributed by atoms with Crippen LogP contribution in [0.1, 0.15) is 25.0 Å². The molecule has 1 aromatic carbocycles. The van der Waals surface area contributed by atoms with Gasteiger partial charge >= 0.3 is 0 Å². The third kappa shape index (κ3) is 2.50. The third-order valence-electron chi connectivity index (χ3n) is 2.84. The van der Waals surface area contributed by atoms with Crippen LogP contribution in [0.3, 0.4) is 0 Å². The first kappa shape index (κ1) is 13.3. The number of fused-ring (bicyclic) bond motifs is 1. The molecule has 1 aromatic rings. The number of benzene rings is 1. The maximum atomic E-state index is 9.69. The molecule has 1 aliphatic carbocycles. The van der Waals surface area contributed by atoms with Crippen LogP contribution in [0.5, 0.6) is 11.5 Å². The average molecular weight is 288 g/mol. The fraction of sp³-hybridized carbons (Fsp3) is 0.500. The summed E-state index contributed by atoms with van der Waals surface area (Å²) in [5.41, 5.74) is 2.04. The Morgan fingerprint density at radius 1 is 1.25 bits per heavy atom. The second-order valence-electron chi connectivity index (χ2n) is 4.50. The summed E-state index contributed by atoms with van der Waals surface area (Å²) in [5.74, 6) is 0.0412. The van der Waals surface area contributed by atoms with Gasteiger partial charge in [0, 0.05) is 17.6 Å². The molecule has 0 radical (unpaired) electrons. The molecular formula is C12H18BrNO2. The number of hydrogen-bond donors (Lipinski definition) is 3. The van der Waals surface area contributed by atoms with Crippen molar-refractivity contribution in [1.29, 1.82) is 0 Å². The summed E-state index contributed by atoms with van der Waals surface area (Å²) >= 11 is 0. The van der Waals surface area contributed by atoms with E-state index in [1.807, 2.05) is 6.07 Å². The average Bonchev–Trinajstić information content (AvgIpc) is 2.54. The molecule has 0 bridgehead atoms. The highest BCUT2D eigenvalue weighted by atomic mass is 79.9. The van der Waals surface area contributed by atoms with E-state index >= 15 is 0 Å². The van der Waals surface area contributed by atoms with Crippen molar-refractivity contribution in [3.63, 3.8) is 0 Å². The summed E-state index contributed by atoms with van der Waals surface area (Å²) in [6.07, 6.45) is 1.73. The Balaban J connectivity index is 0.00000128. The standard InChI is InChI=1S/C12H17NO2.BrH/c1-7(2)13-9-5-8-3-4-11(14)12(15)10(8)6-9;/h3-4,7,9,13-15H,5-6H2,1-2H3;1H. The van der Waals surface area contributed by atoms with Crippen LogP contribution in [-0.4, -0.2) is 22.3 Å². The minimum Gasteiger partial charge on any atom is -0.504 e. The molecule has 0 amide bonds. The van der Waals surface area contributed by atoms with Crippen molar-refractivity contribution in [1.82, 2.24) is 5.32 Å². The quantitative estimate of drug-likeness (QED) is 0.731. The fourth-order valence-electron chi connectivity index (χ4n) is 2.26. The van der Waals surface area contributed by atoms with E-state index < -0.39 is 0 Å². The van der Waals surface area contributed by atoms with Crippen molar-refractivity contribution in [2.45, 2.75) is 38.8 Å². The number of nitrogens with one attached hydrogen (secondary N) is 1. The first-order valence-electron chi connectivity index (χ1n) is 5.36. The van der Waals surface area contributed by atoms with Gasteiger partial charge in [-0.05, 0) is 24.5 Å². The summed E-state index contributed by atoms with van der Waals surface area (Å²) in [7, 11) is 0. The van der Waals surface area contributed by atoms with E-state index in [4.69, 9.17) is 0 Å². The van der Waals surface area contributed by atoms with Gasteiger partial charge in [0.1, 0.15) is 0 Å². The molecule has 0 saturated carbocycles. The molecular weight excluding hydrogens is 270 g/mol. The number of rotatable bonds is 2. The van der Waals surface area contributed by atoms with Crippen molar-refractivity contribution < 1.29 is 10.2 Å². The molecule has 4 heteroatoms. The smallest absolute Gasteiger partial charge is 0.161 e. The Morgan fingerprint density at radius 2 is 1.94 bits per heavy atom. The van der Waals surface area contributed by atoms with Gasteiger partial charge in [-0.2, -0.15) is 0 Å². The molecule has 90 valence electrons. The first-order chi connectivity index (χ1) is 7.08. The molecule has 1 unspecified atom stereocenters. The summed E-state index contributed by atoms with van der Waals surface area (Å²) in [4.78, 5) is 0. The van der Waals surface area contributed by atoms with Gasteiger partial charge in [0.2, 0.25) is 0 Å².